The summed E-state index contributed by atoms with van der Waals surface area (Å²) in [5, 5.41) is 5.25. The van der Waals surface area contributed by atoms with Crippen LogP contribution >= 0.6 is 0 Å². The molecule has 3 heterocycles. The monoisotopic (exact) mass is 683 g/mol. The highest BCUT2D eigenvalue weighted by atomic mass is 32.2. The predicted octanol–water partition coefficient (Wildman–Crippen LogP) is 3.06. The van der Waals surface area contributed by atoms with E-state index in [-0.39, 0.29) is 37.2 Å². The molecule has 0 radical (unpaired) electrons. The van der Waals surface area contributed by atoms with Gasteiger partial charge in [0.25, 0.3) is 5.91 Å². The van der Waals surface area contributed by atoms with Crippen molar-refractivity contribution in [2.45, 2.75) is 101 Å². The highest BCUT2D eigenvalue weighted by molar-refractivity contribution is 7.90. The Morgan fingerprint density at radius 2 is 1.98 bits per heavy atom. The van der Waals surface area contributed by atoms with Crippen molar-refractivity contribution < 1.29 is 38.0 Å². The van der Waals surface area contributed by atoms with Crippen LogP contribution in [0.4, 0.5) is 9.59 Å². The lowest BCUT2D eigenvalue weighted by Gasteiger charge is -2.30. The minimum Gasteiger partial charge on any atom is -0.593 e. The molecule has 1 aromatic carbocycles. The summed E-state index contributed by atoms with van der Waals surface area (Å²) in [5.74, 6) is -2.18. The van der Waals surface area contributed by atoms with Crippen LogP contribution in [0.25, 0.3) is 6.08 Å². The van der Waals surface area contributed by atoms with Gasteiger partial charge in [-0.1, -0.05) is 50.3 Å². The van der Waals surface area contributed by atoms with Crippen LogP contribution in [0, 0.1) is 5.92 Å². The molecule has 0 aromatic heterocycles. The average Bonchev–Trinajstić information content (AvgIpc) is 3.67. The first-order valence-electron chi connectivity index (χ1n) is 16.6. The zero-order valence-corrected chi connectivity index (χ0v) is 28.3. The maximum atomic E-state index is 14.0. The van der Waals surface area contributed by atoms with Crippen LogP contribution < -0.4 is 15.4 Å². The molecule has 2 fully saturated rings. The van der Waals surface area contributed by atoms with Crippen molar-refractivity contribution in [1.29, 1.82) is 0 Å². The molecule has 1 aliphatic carbocycles. The van der Waals surface area contributed by atoms with Crippen molar-refractivity contribution >= 4 is 47.3 Å². The minimum atomic E-state index is -1.56. The Balaban J connectivity index is 1.37. The molecule has 1 saturated heterocycles. The number of amides is 5. The van der Waals surface area contributed by atoms with Gasteiger partial charge in [0.2, 0.25) is 11.8 Å². The Morgan fingerprint density at radius 1 is 1.19 bits per heavy atom. The second kappa shape index (κ2) is 15.9. The molecule has 260 valence electrons. The van der Waals surface area contributed by atoms with Crippen molar-refractivity contribution in [3.8, 4) is 0 Å². The molecule has 2 unspecified atom stereocenters. The maximum absolute atomic E-state index is 14.0. The molecule has 0 spiro atoms. The van der Waals surface area contributed by atoms with Gasteiger partial charge in [0, 0.05) is 25.8 Å². The van der Waals surface area contributed by atoms with Gasteiger partial charge < -0.3 is 29.6 Å². The topological polar surface area (TPSA) is 169 Å². The van der Waals surface area contributed by atoms with Crippen LogP contribution in [-0.2, 0) is 48.3 Å². The summed E-state index contributed by atoms with van der Waals surface area (Å²) in [6.45, 7) is 8.02. The Bertz CT molecular complexity index is 1430. The van der Waals surface area contributed by atoms with E-state index in [0.29, 0.717) is 19.5 Å². The SMILES string of the molecule is C=CCC(NC(=O)[C@@H]1C[C@@H]2CN1C(=O)[C@H](C(C)C)NC(=O)OCCCC/C=C/c1cccc3c1CN(C3)C(=O)O2)C(=O)N[S+]([O-])C1CC1. The average molecular weight is 684 g/mol. The molecule has 13 nitrogen and oxygen atoms in total. The summed E-state index contributed by atoms with van der Waals surface area (Å²) >= 11 is -1.56. The lowest BCUT2D eigenvalue weighted by Crippen LogP contribution is -2.57. The Morgan fingerprint density at radius 3 is 2.71 bits per heavy atom. The number of benzene rings is 1. The third-order valence-corrected chi connectivity index (χ3v) is 10.4. The van der Waals surface area contributed by atoms with E-state index in [9.17, 15) is 28.5 Å². The first-order chi connectivity index (χ1) is 23.0. The lowest BCUT2D eigenvalue weighted by atomic mass is 10.0. The number of carbonyl (C=O) groups excluding carboxylic acids is 5. The number of alkyl carbamates (subject to hydrolysis) is 1. The molecular formula is C34H45N5O8S. The van der Waals surface area contributed by atoms with E-state index in [0.717, 1.165) is 42.4 Å². The molecule has 4 aliphatic rings. The first kappa shape index (κ1) is 35.3. The van der Waals surface area contributed by atoms with Gasteiger partial charge in [-0.3, -0.25) is 19.3 Å². The Hall–Kier alpha value is -4.04. The van der Waals surface area contributed by atoms with Crippen molar-refractivity contribution in [2.24, 2.45) is 5.92 Å². The van der Waals surface area contributed by atoms with Gasteiger partial charge in [0.1, 0.15) is 29.5 Å². The third-order valence-electron chi connectivity index (χ3n) is 8.96. The minimum absolute atomic E-state index is 0.0240. The molecule has 1 saturated carbocycles. The van der Waals surface area contributed by atoms with Crippen LogP contribution in [0.5, 0.6) is 0 Å². The Kier molecular flexibility index (Phi) is 11.7. The van der Waals surface area contributed by atoms with Crippen LogP contribution in [-0.4, -0.2) is 86.9 Å². The predicted molar refractivity (Wildman–Crippen MR) is 178 cm³/mol. The second-order valence-electron chi connectivity index (χ2n) is 13.0. The molecule has 48 heavy (non-hydrogen) atoms. The molecule has 14 heteroatoms. The molecule has 3 aliphatic heterocycles. The van der Waals surface area contributed by atoms with Gasteiger partial charge in [-0.05, 0) is 48.3 Å². The number of cyclic esters (lactones) is 1. The van der Waals surface area contributed by atoms with E-state index < -0.39 is 65.5 Å². The fourth-order valence-corrected chi connectivity index (χ4v) is 7.20. The standard InChI is InChI=1S/C34H45N5O8S/c1-4-10-27(30(40)37-48(45)25-14-15-25)35-31(41)28-17-24-19-39(28)32(42)29(21(2)3)36-33(43)46-16-8-6-5-7-11-22-12-9-13-23-18-38(20-26(22)23)34(44)47-24/h4,7,9,11-13,21,24-25,27-29H,1,5-6,8,10,14-20H2,2-3H3,(H,35,41)(H,36,43)(H,37,40)/b11-7+/t24-,27?,28+,29+,48?/m1/s1. The maximum Gasteiger partial charge on any atom is 0.410 e. The van der Waals surface area contributed by atoms with Crippen molar-refractivity contribution in [2.75, 3.05) is 13.2 Å². The van der Waals surface area contributed by atoms with E-state index in [4.69, 9.17) is 9.47 Å². The molecule has 5 rings (SSSR count). The van der Waals surface area contributed by atoms with Crippen molar-refractivity contribution in [1.82, 2.24) is 25.2 Å². The van der Waals surface area contributed by atoms with Gasteiger partial charge in [0.15, 0.2) is 0 Å². The van der Waals surface area contributed by atoms with E-state index in [1.54, 1.807) is 18.7 Å². The molecular weight excluding hydrogens is 638 g/mol. The fraction of sp³-hybridized carbons (Fsp3) is 0.559. The number of nitrogens with zero attached hydrogens (tertiary/aromatic N) is 2. The fourth-order valence-electron chi connectivity index (χ4n) is 6.13. The number of hydrogen-bond acceptors (Lipinski definition) is 8. The Labute approximate surface area is 284 Å². The third kappa shape index (κ3) is 8.70. The number of carbonyl (C=O) groups is 5. The summed E-state index contributed by atoms with van der Waals surface area (Å²) in [7, 11) is 0. The normalized spacial score (nSPS) is 25.3. The van der Waals surface area contributed by atoms with Gasteiger partial charge in [-0.15, -0.1) is 6.58 Å². The van der Waals surface area contributed by atoms with Gasteiger partial charge in [0.05, 0.1) is 31.1 Å². The zero-order valence-electron chi connectivity index (χ0n) is 27.5. The number of nitrogens with one attached hydrogen (secondary N) is 3. The number of ether oxygens (including phenoxy) is 2. The van der Waals surface area contributed by atoms with Gasteiger partial charge >= 0.3 is 12.2 Å². The quantitative estimate of drug-likeness (QED) is 0.278. The summed E-state index contributed by atoms with van der Waals surface area (Å²) in [6.07, 6.45) is 7.18. The van der Waals surface area contributed by atoms with E-state index in [1.165, 1.54) is 11.0 Å². The largest absolute Gasteiger partial charge is 0.593 e. The lowest BCUT2D eigenvalue weighted by molar-refractivity contribution is -0.141. The van der Waals surface area contributed by atoms with Gasteiger partial charge in [-0.25, -0.2) is 9.59 Å². The van der Waals surface area contributed by atoms with Crippen LogP contribution in [0.1, 0.15) is 75.5 Å². The van der Waals surface area contributed by atoms with Crippen molar-refractivity contribution in [3.63, 3.8) is 0 Å². The molecule has 3 N–H and O–H groups in total. The van der Waals surface area contributed by atoms with E-state index in [1.807, 2.05) is 24.3 Å². The summed E-state index contributed by atoms with van der Waals surface area (Å²) in [5.41, 5.74) is 3.07. The molecule has 5 atom stereocenters. The number of fused-ring (bicyclic) bond motifs is 3. The van der Waals surface area contributed by atoms with Crippen LogP contribution in [0.15, 0.2) is 36.9 Å². The molecule has 4 bridgehead atoms. The second-order valence-corrected chi connectivity index (χ2v) is 14.5. The zero-order chi connectivity index (χ0) is 34.4. The smallest absolute Gasteiger partial charge is 0.410 e. The number of hydrogen-bond donors (Lipinski definition) is 3. The highest BCUT2D eigenvalue weighted by Crippen LogP contribution is 2.30. The van der Waals surface area contributed by atoms with E-state index in [2.05, 4.69) is 28.0 Å². The number of allylic oxidation sites excluding steroid dienone is 1. The summed E-state index contributed by atoms with van der Waals surface area (Å²) in [6, 6.07) is 2.70. The molecule has 1 aromatic rings. The van der Waals surface area contributed by atoms with Crippen molar-refractivity contribution in [3.05, 3.63) is 53.6 Å². The summed E-state index contributed by atoms with van der Waals surface area (Å²) in [4.78, 5) is 69.9. The summed E-state index contributed by atoms with van der Waals surface area (Å²) < 4.78 is 26.1. The first-order valence-corrected chi connectivity index (χ1v) is 17.9. The van der Waals surface area contributed by atoms with E-state index >= 15 is 0 Å². The van der Waals surface area contributed by atoms with Crippen LogP contribution in [0.2, 0.25) is 0 Å². The highest BCUT2D eigenvalue weighted by Gasteiger charge is 2.46. The number of rotatable bonds is 8. The van der Waals surface area contributed by atoms with Gasteiger partial charge in [-0.2, -0.15) is 4.72 Å². The van der Waals surface area contributed by atoms with Crippen LogP contribution in [0.3, 0.4) is 0 Å². The molecule has 5 amide bonds.